The van der Waals surface area contributed by atoms with Crippen molar-refractivity contribution in [3.05, 3.63) is 36.2 Å². The fourth-order valence-corrected chi connectivity index (χ4v) is 3.53. The third kappa shape index (κ3) is 3.49. The molecule has 30 heavy (non-hydrogen) atoms. The van der Waals surface area contributed by atoms with Gasteiger partial charge in [-0.2, -0.15) is 4.98 Å². The highest BCUT2D eigenvalue weighted by molar-refractivity contribution is 5.91. The topological polar surface area (TPSA) is 115 Å². The molecule has 4 heterocycles. The number of carbonyl (C=O) groups excluding carboxylic acids is 2. The van der Waals surface area contributed by atoms with Crippen molar-refractivity contribution in [3.8, 4) is 17.4 Å². The second kappa shape index (κ2) is 7.32. The molecular formula is C21H26N6O3. The van der Waals surface area contributed by atoms with Crippen LogP contribution in [0.25, 0.3) is 11.4 Å². The maximum Gasteiger partial charge on any atom is 0.419 e. The lowest BCUT2D eigenvalue weighted by molar-refractivity contribution is -0.154. The minimum atomic E-state index is -1.35. The highest BCUT2D eigenvalue weighted by Gasteiger charge is 2.53. The van der Waals surface area contributed by atoms with Crippen molar-refractivity contribution in [1.29, 1.82) is 0 Å². The van der Waals surface area contributed by atoms with Crippen LogP contribution in [0.4, 0.5) is 4.79 Å². The third-order valence-electron chi connectivity index (χ3n) is 5.59. The van der Waals surface area contributed by atoms with Gasteiger partial charge in [0, 0.05) is 44.0 Å². The van der Waals surface area contributed by atoms with E-state index in [1.165, 1.54) is 4.90 Å². The molecule has 2 N–H and O–H groups in total. The van der Waals surface area contributed by atoms with E-state index in [1.807, 2.05) is 39.0 Å². The molecule has 1 atom stereocenters. The van der Waals surface area contributed by atoms with Crippen molar-refractivity contribution in [3.63, 3.8) is 0 Å². The van der Waals surface area contributed by atoms with Gasteiger partial charge in [-0.3, -0.25) is 14.7 Å². The van der Waals surface area contributed by atoms with Gasteiger partial charge in [0.2, 0.25) is 0 Å². The van der Waals surface area contributed by atoms with Crippen molar-refractivity contribution in [2.75, 3.05) is 19.6 Å². The minimum Gasteiger partial charge on any atom is -0.374 e. The van der Waals surface area contributed by atoms with Crippen LogP contribution in [0.15, 0.2) is 30.6 Å². The molecule has 2 aromatic heterocycles. The van der Waals surface area contributed by atoms with Gasteiger partial charge in [-0.15, -0.1) is 0 Å². The summed E-state index contributed by atoms with van der Waals surface area (Å²) in [4.78, 5) is 41.3. The fraction of sp³-hybridized carbons (Fsp3) is 0.476. The van der Waals surface area contributed by atoms with Crippen molar-refractivity contribution >= 4 is 12.0 Å². The Balaban J connectivity index is 1.57. The highest BCUT2D eigenvalue weighted by Crippen LogP contribution is 2.33. The average Bonchev–Trinajstić information content (AvgIpc) is 2.64. The van der Waals surface area contributed by atoms with Gasteiger partial charge in [-0.1, -0.05) is 26.8 Å². The van der Waals surface area contributed by atoms with Crippen molar-refractivity contribution in [1.82, 2.24) is 24.8 Å². The molecule has 9 heteroatoms. The monoisotopic (exact) mass is 410 g/mol. The van der Waals surface area contributed by atoms with Gasteiger partial charge < -0.3 is 15.4 Å². The number of nitrogens with zero attached hydrogens (tertiary/aromatic N) is 5. The van der Waals surface area contributed by atoms with Gasteiger partial charge in [-0.05, 0) is 24.0 Å². The van der Waals surface area contributed by atoms with Crippen LogP contribution >= 0.6 is 0 Å². The Bertz CT molecular complexity index is 970. The first kappa shape index (κ1) is 20.2. The second-order valence-electron chi connectivity index (χ2n) is 8.72. The lowest BCUT2D eigenvalue weighted by Crippen LogP contribution is -2.75. The molecule has 0 spiro atoms. The lowest BCUT2D eigenvalue weighted by atomic mass is 9.86. The molecule has 2 aliphatic heterocycles. The molecule has 1 unspecified atom stereocenters. The quantitative estimate of drug-likeness (QED) is 0.822. The molecular weight excluding hydrogens is 384 g/mol. The zero-order chi connectivity index (χ0) is 21.5. The summed E-state index contributed by atoms with van der Waals surface area (Å²) < 4.78 is 5.41. The molecule has 0 radical (unpaired) electrons. The van der Waals surface area contributed by atoms with Gasteiger partial charge in [-0.25, -0.2) is 9.78 Å². The van der Waals surface area contributed by atoms with E-state index in [2.05, 4.69) is 15.0 Å². The van der Waals surface area contributed by atoms with E-state index in [1.54, 1.807) is 17.3 Å². The van der Waals surface area contributed by atoms with E-state index in [4.69, 9.17) is 10.5 Å². The normalized spacial score (nSPS) is 20.9. The Morgan fingerprint density at radius 3 is 2.47 bits per heavy atom. The summed E-state index contributed by atoms with van der Waals surface area (Å²) in [6, 6.07) is 5.43. The van der Waals surface area contributed by atoms with E-state index >= 15 is 0 Å². The lowest BCUT2D eigenvalue weighted by Gasteiger charge is -2.50. The fourth-order valence-electron chi connectivity index (χ4n) is 3.53. The van der Waals surface area contributed by atoms with Crippen LogP contribution in [-0.4, -0.2) is 62.0 Å². The number of aromatic nitrogens is 3. The third-order valence-corrected chi connectivity index (χ3v) is 5.59. The highest BCUT2D eigenvalue weighted by atomic mass is 16.6. The van der Waals surface area contributed by atoms with E-state index in [-0.39, 0.29) is 17.3 Å². The Kier molecular flexibility index (Phi) is 4.93. The predicted octanol–water partition coefficient (Wildman–Crippen LogP) is 1.93. The molecule has 2 aromatic rings. The zero-order valence-electron chi connectivity index (χ0n) is 17.5. The van der Waals surface area contributed by atoms with Crippen LogP contribution in [0.2, 0.25) is 0 Å². The number of nitrogens with two attached hydrogens (primary N) is 1. The van der Waals surface area contributed by atoms with Crippen LogP contribution in [0, 0.1) is 0 Å². The standard InChI is InChI=1S/C21H26N6O3/c1-20(2,3)14-13-24-18(25-16(14)15-7-4-5-9-23-15)30-19(29)27-12-8-21(27,22)17(28)26-10-6-11-26/h4-5,7,9,13H,6,8,10-12,22H2,1-3H3. The number of hydrogen-bond acceptors (Lipinski definition) is 7. The summed E-state index contributed by atoms with van der Waals surface area (Å²) in [7, 11) is 0. The van der Waals surface area contributed by atoms with Gasteiger partial charge in [0.25, 0.3) is 5.91 Å². The summed E-state index contributed by atoms with van der Waals surface area (Å²) in [5, 5.41) is 0. The number of ether oxygens (including phenoxy) is 1. The van der Waals surface area contributed by atoms with E-state index in [0.29, 0.717) is 37.4 Å². The molecule has 4 rings (SSSR count). The Hall–Kier alpha value is -3.07. The summed E-state index contributed by atoms with van der Waals surface area (Å²) in [5.74, 6) is -0.241. The largest absolute Gasteiger partial charge is 0.419 e. The van der Waals surface area contributed by atoms with Crippen LogP contribution in [0.3, 0.4) is 0 Å². The molecule has 2 amide bonds. The minimum absolute atomic E-state index is 0.0979. The van der Waals surface area contributed by atoms with E-state index in [9.17, 15) is 9.59 Å². The number of likely N-dealkylation sites (tertiary alicyclic amines) is 2. The number of pyridine rings is 1. The van der Waals surface area contributed by atoms with Crippen molar-refractivity contribution < 1.29 is 14.3 Å². The molecule has 0 aliphatic carbocycles. The number of rotatable bonds is 3. The number of carbonyl (C=O) groups is 2. The van der Waals surface area contributed by atoms with Crippen LogP contribution in [0.1, 0.15) is 39.2 Å². The maximum absolute atomic E-state index is 12.7. The van der Waals surface area contributed by atoms with Crippen LogP contribution in [0.5, 0.6) is 6.01 Å². The van der Waals surface area contributed by atoms with Gasteiger partial charge in [0.1, 0.15) is 0 Å². The van der Waals surface area contributed by atoms with Gasteiger partial charge in [0.15, 0.2) is 5.66 Å². The van der Waals surface area contributed by atoms with Crippen molar-refractivity contribution in [2.24, 2.45) is 5.73 Å². The van der Waals surface area contributed by atoms with E-state index < -0.39 is 11.8 Å². The van der Waals surface area contributed by atoms with E-state index in [0.717, 1.165) is 12.0 Å². The molecule has 0 bridgehead atoms. The Labute approximate surface area is 175 Å². The number of hydrogen-bond donors (Lipinski definition) is 1. The molecule has 2 saturated heterocycles. The van der Waals surface area contributed by atoms with Crippen LogP contribution < -0.4 is 10.5 Å². The summed E-state index contributed by atoms with van der Waals surface area (Å²) >= 11 is 0. The predicted molar refractivity (Wildman–Crippen MR) is 109 cm³/mol. The van der Waals surface area contributed by atoms with Gasteiger partial charge >= 0.3 is 12.1 Å². The smallest absolute Gasteiger partial charge is 0.374 e. The Morgan fingerprint density at radius 2 is 1.93 bits per heavy atom. The molecule has 158 valence electrons. The molecule has 0 saturated carbocycles. The second-order valence-corrected chi connectivity index (χ2v) is 8.72. The first-order chi connectivity index (χ1) is 14.2. The molecule has 2 aliphatic rings. The summed E-state index contributed by atoms with van der Waals surface area (Å²) in [6.45, 7) is 7.84. The maximum atomic E-state index is 12.7. The summed E-state index contributed by atoms with van der Waals surface area (Å²) in [6.07, 6.45) is 3.96. The average molecular weight is 410 g/mol. The summed E-state index contributed by atoms with van der Waals surface area (Å²) in [5.41, 5.74) is 6.79. The van der Waals surface area contributed by atoms with Crippen LogP contribution in [-0.2, 0) is 10.2 Å². The van der Waals surface area contributed by atoms with Gasteiger partial charge in [0.05, 0.1) is 11.4 Å². The zero-order valence-corrected chi connectivity index (χ0v) is 17.5. The number of amides is 2. The first-order valence-electron chi connectivity index (χ1n) is 10.1. The Morgan fingerprint density at radius 1 is 1.17 bits per heavy atom. The molecule has 0 aromatic carbocycles. The van der Waals surface area contributed by atoms with Crippen molar-refractivity contribution in [2.45, 2.75) is 44.7 Å². The molecule has 2 fully saturated rings. The molecule has 9 nitrogen and oxygen atoms in total. The first-order valence-corrected chi connectivity index (χ1v) is 10.1. The SMILES string of the molecule is CC(C)(C)c1cnc(OC(=O)N2CCC2(N)C(=O)N2CCC2)nc1-c1ccccn1.